The Bertz CT molecular complexity index is 381. The molecule has 0 bridgehead atoms. The first-order valence-corrected chi connectivity index (χ1v) is 6.96. The molecule has 0 spiro atoms. The Morgan fingerprint density at radius 3 is 2.89 bits per heavy atom. The molecule has 2 rings (SSSR count). The summed E-state index contributed by atoms with van der Waals surface area (Å²) >= 11 is 3.47. The van der Waals surface area contributed by atoms with Crippen LogP contribution in [0.2, 0.25) is 0 Å². The summed E-state index contributed by atoms with van der Waals surface area (Å²) in [5.41, 5.74) is 1.03. The van der Waals surface area contributed by atoms with Crippen LogP contribution in [0.25, 0.3) is 0 Å². The van der Waals surface area contributed by atoms with Crippen molar-refractivity contribution < 1.29 is 9.47 Å². The highest BCUT2D eigenvalue weighted by atomic mass is 79.9. The van der Waals surface area contributed by atoms with Crippen molar-refractivity contribution in [1.29, 1.82) is 0 Å². The molecule has 0 unspecified atom stereocenters. The summed E-state index contributed by atoms with van der Waals surface area (Å²) in [6, 6.07) is 5.98. The van der Waals surface area contributed by atoms with Crippen LogP contribution < -0.4 is 10.1 Å². The summed E-state index contributed by atoms with van der Waals surface area (Å²) in [4.78, 5) is 2.40. The van der Waals surface area contributed by atoms with Crippen LogP contribution in [0.1, 0.15) is 0 Å². The molecule has 1 aromatic carbocycles. The molecular weight excluding hydrogens is 296 g/mol. The number of rotatable bonds is 5. The van der Waals surface area contributed by atoms with Crippen molar-refractivity contribution in [3.63, 3.8) is 0 Å². The molecule has 18 heavy (non-hydrogen) atoms. The fourth-order valence-electron chi connectivity index (χ4n) is 1.99. The van der Waals surface area contributed by atoms with E-state index in [1.54, 1.807) is 7.11 Å². The number of anilines is 1. The Balaban J connectivity index is 1.83. The van der Waals surface area contributed by atoms with Crippen molar-refractivity contribution in [3.8, 4) is 5.75 Å². The van der Waals surface area contributed by atoms with Gasteiger partial charge in [-0.05, 0) is 18.2 Å². The molecular formula is C13H19BrN2O2. The molecule has 1 aromatic rings. The van der Waals surface area contributed by atoms with Crippen molar-refractivity contribution in [2.45, 2.75) is 0 Å². The van der Waals surface area contributed by atoms with E-state index in [4.69, 9.17) is 9.47 Å². The first-order chi connectivity index (χ1) is 8.79. The number of benzene rings is 1. The molecule has 0 aromatic heterocycles. The van der Waals surface area contributed by atoms with Crippen LogP contribution in [-0.2, 0) is 4.74 Å². The number of methoxy groups -OCH3 is 1. The summed E-state index contributed by atoms with van der Waals surface area (Å²) in [7, 11) is 1.69. The predicted molar refractivity (Wildman–Crippen MR) is 76.4 cm³/mol. The van der Waals surface area contributed by atoms with E-state index in [9.17, 15) is 0 Å². The van der Waals surface area contributed by atoms with E-state index in [0.717, 1.165) is 55.3 Å². The Labute approximate surface area is 116 Å². The molecule has 100 valence electrons. The third-order valence-electron chi connectivity index (χ3n) is 3.01. The van der Waals surface area contributed by atoms with E-state index in [0.29, 0.717) is 0 Å². The maximum Gasteiger partial charge on any atom is 0.142 e. The lowest BCUT2D eigenvalue weighted by Crippen LogP contribution is -2.39. The minimum atomic E-state index is 0.847. The molecule has 1 aliphatic rings. The molecule has 5 heteroatoms. The van der Waals surface area contributed by atoms with Crippen molar-refractivity contribution in [3.05, 3.63) is 22.7 Å². The number of nitrogens with zero attached hydrogens (tertiary/aromatic N) is 1. The van der Waals surface area contributed by atoms with E-state index in [2.05, 4.69) is 26.1 Å². The number of halogens is 1. The summed E-state index contributed by atoms with van der Waals surface area (Å²) in [6.45, 7) is 5.68. The smallest absolute Gasteiger partial charge is 0.142 e. The van der Waals surface area contributed by atoms with E-state index in [1.807, 2.05) is 18.2 Å². The quantitative estimate of drug-likeness (QED) is 0.903. The van der Waals surface area contributed by atoms with Gasteiger partial charge in [-0.3, -0.25) is 4.90 Å². The molecule has 0 aliphatic carbocycles. The number of morpholine rings is 1. The number of hydrogen-bond donors (Lipinski definition) is 1. The Kier molecular flexibility index (Phi) is 5.28. The maximum atomic E-state index is 5.33. The normalized spacial score (nSPS) is 16.6. The highest BCUT2D eigenvalue weighted by Gasteiger charge is 2.10. The standard InChI is InChI=1S/C13H19BrN2O2/c1-17-13-3-2-11(14)10-12(13)15-4-5-16-6-8-18-9-7-16/h2-3,10,15H,4-9H2,1H3. The minimum absolute atomic E-state index is 0.847. The second kappa shape index (κ2) is 6.97. The average molecular weight is 315 g/mol. The van der Waals surface area contributed by atoms with Crippen LogP contribution in [0, 0.1) is 0 Å². The van der Waals surface area contributed by atoms with Crippen molar-refractivity contribution in [2.24, 2.45) is 0 Å². The SMILES string of the molecule is COc1ccc(Br)cc1NCCN1CCOCC1. The maximum absolute atomic E-state index is 5.33. The van der Waals surface area contributed by atoms with Crippen molar-refractivity contribution >= 4 is 21.6 Å². The van der Waals surface area contributed by atoms with Gasteiger partial charge in [0.1, 0.15) is 5.75 Å². The second-order valence-corrected chi connectivity index (χ2v) is 5.14. The molecule has 0 radical (unpaired) electrons. The average Bonchev–Trinajstić information content (AvgIpc) is 2.40. The van der Waals surface area contributed by atoms with Gasteiger partial charge in [-0.2, -0.15) is 0 Å². The molecule has 1 N–H and O–H groups in total. The van der Waals surface area contributed by atoms with Gasteiger partial charge in [-0.15, -0.1) is 0 Å². The largest absolute Gasteiger partial charge is 0.495 e. The monoisotopic (exact) mass is 314 g/mol. The lowest BCUT2D eigenvalue weighted by molar-refractivity contribution is 0.0398. The van der Waals surface area contributed by atoms with Crippen LogP contribution >= 0.6 is 15.9 Å². The summed E-state index contributed by atoms with van der Waals surface area (Å²) in [6.07, 6.45) is 0. The van der Waals surface area contributed by atoms with Crippen LogP contribution in [0.3, 0.4) is 0 Å². The molecule has 1 aliphatic heterocycles. The van der Waals surface area contributed by atoms with E-state index in [1.165, 1.54) is 0 Å². The molecule has 0 saturated carbocycles. The lowest BCUT2D eigenvalue weighted by atomic mass is 10.3. The Hall–Kier alpha value is -0.780. The first-order valence-electron chi connectivity index (χ1n) is 6.17. The molecule has 1 fully saturated rings. The van der Waals surface area contributed by atoms with Crippen molar-refractivity contribution in [1.82, 2.24) is 4.90 Å². The van der Waals surface area contributed by atoms with Gasteiger partial charge in [0.15, 0.2) is 0 Å². The molecule has 1 saturated heterocycles. The third-order valence-corrected chi connectivity index (χ3v) is 3.50. The fourth-order valence-corrected chi connectivity index (χ4v) is 2.35. The third kappa shape index (κ3) is 3.86. The van der Waals surface area contributed by atoms with E-state index >= 15 is 0 Å². The van der Waals surface area contributed by atoms with Gasteiger partial charge in [0, 0.05) is 30.7 Å². The zero-order valence-corrected chi connectivity index (χ0v) is 12.2. The number of nitrogens with one attached hydrogen (secondary N) is 1. The second-order valence-electron chi connectivity index (χ2n) is 4.23. The Morgan fingerprint density at radius 1 is 1.39 bits per heavy atom. The van der Waals surface area contributed by atoms with Gasteiger partial charge >= 0.3 is 0 Å². The van der Waals surface area contributed by atoms with Crippen LogP contribution in [0.15, 0.2) is 22.7 Å². The van der Waals surface area contributed by atoms with Gasteiger partial charge in [0.25, 0.3) is 0 Å². The van der Waals surface area contributed by atoms with Crippen molar-refractivity contribution in [2.75, 3.05) is 51.8 Å². The zero-order chi connectivity index (χ0) is 12.8. The van der Waals surface area contributed by atoms with E-state index in [-0.39, 0.29) is 0 Å². The molecule has 0 amide bonds. The van der Waals surface area contributed by atoms with Gasteiger partial charge in [0.2, 0.25) is 0 Å². The first kappa shape index (κ1) is 13.6. The fraction of sp³-hybridized carbons (Fsp3) is 0.538. The van der Waals surface area contributed by atoms with Crippen LogP contribution in [-0.4, -0.2) is 51.4 Å². The van der Waals surface area contributed by atoms with Gasteiger partial charge < -0.3 is 14.8 Å². The van der Waals surface area contributed by atoms with Gasteiger partial charge in [-0.25, -0.2) is 0 Å². The summed E-state index contributed by atoms with van der Waals surface area (Å²) < 4.78 is 11.7. The molecule has 1 heterocycles. The molecule has 4 nitrogen and oxygen atoms in total. The van der Waals surface area contributed by atoms with Crippen LogP contribution in [0.4, 0.5) is 5.69 Å². The Morgan fingerprint density at radius 2 is 2.17 bits per heavy atom. The van der Waals surface area contributed by atoms with Gasteiger partial charge in [-0.1, -0.05) is 15.9 Å². The van der Waals surface area contributed by atoms with E-state index < -0.39 is 0 Å². The highest BCUT2D eigenvalue weighted by Crippen LogP contribution is 2.27. The summed E-state index contributed by atoms with van der Waals surface area (Å²) in [5.74, 6) is 0.875. The van der Waals surface area contributed by atoms with Gasteiger partial charge in [0.05, 0.1) is 26.0 Å². The molecule has 0 atom stereocenters. The lowest BCUT2D eigenvalue weighted by Gasteiger charge is -2.26. The number of ether oxygens (including phenoxy) is 2. The highest BCUT2D eigenvalue weighted by molar-refractivity contribution is 9.10. The topological polar surface area (TPSA) is 33.7 Å². The summed E-state index contributed by atoms with van der Waals surface area (Å²) in [5, 5.41) is 3.41. The zero-order valence-electron chi connectivity index (χ0n) is 10.6. The predicted octanol–water partition coefficient (Wildman–Crippen LogP) is 2.20. The van der Waals surface area contributed by atoms with Crippen LogP contribution in [0.5, 0.6) is 5.75 Å². The number of hydrogen-bond acceptors (Lipinski definition) is 4. The minimum Gasteiger partial charge on any atom is -0.495 e.